The molecule has 0 saturated carbocycles. The standard InChI is InChI=1S/C16H14N2O2S/c17-16(20)10-7-11(21-9-10)8-18-14-5-1-4-13-12(14)3-2-6-15(13)19/h1-7,9,18-19H,8H2,(H2,17,20). The van der Waals surface area contributed by atoms with Crippen molar-refractivity contribution in [2.24, 2.45) is 5.73 Å². The Labute approximate surface area is 125 Å². The van der Waals surface area contributed by atoms with Crippen LogP contribution in [0.4, 0.5) is 5.69 Å². The third kappa shape index (κ3) is 2.68. The summed E-state index contributed by atoms with van der Waals surface area (Å²) >= 11 is 1.49. The topological polar surface area (TPSA) is 75.4 Å². The average Bonchev–Trinajstić information content (AvgIpc) is 2.95. The molecule has 3 rings (SSSR count). The Morgan fingerprint density at radius 1 is 1.19 bits per heavy atom. The Morgan fingerprint density at radius 3 is 2.71 bits per heavy atom. The monoisotopic (exact) mass is 298 g/mol. The lowest BCUT2D eigenvalue weighted by atomic mass is 10.1. The maximum absolute atomic E-state index is 11.1. The molecule has 0 saturated heterocycles. The number of thiophene rings is 1. The lowest BCUT2D eigenvalue weighted by Crippen LogP contribution is -2.09. The predicted octanol–water partition coefficient (Wildman–Crippen LogP) is 3.32. The molecule has 3 aromatic rings. The zero-order valence-corrected chi connectivity index (χ0v) is 12.0. The molecular formula is C16H14N2O2S. The first kappa shape index (κ1) is 13.5. The highest BCUT2D eigenvalue weighted by atomic mass is 32.1. The van der Waals surface area contributed by atoms with Gasteiger partial charge in [0.05, 0.1) is 5.56 Å². The number of hydrogen-bond acceptors (Lipinski definition) is 4. The highest BCUT2D eigenvalue weighted by Gasteiger charge is 2.06. The Kier molecular flexibility index (Phi) is 3.50. The maximum Gasteiger partial charge on any atom is 0.249 e. The predicted molar refractivity (Wildman–Crippen MR) is 85.8 cm³/mol. The number of hydrogen-bond donors (Lipinski definition) is 3. The summed E-state index contributed by atoms with van der Waals surface area (Å²) in [4.78, 5) is 12.1. The van der Waals surface area contributed by atoms with Gasteiger partial charge in [-0.3, -0.25) is 4.79 Å². The minimum Gasteiger partial charge on any atom is -0.507 e. The van der Waals surface area contributed by atoms with Crippen molar-refractivity contribution in [2.75, 3.05) is 5.32 Å². The van der Waals surface area contributed by atoms with E-state index in [1.807, 2.05) is 30.3 Å². The normalized spacial score (nSPS) is 10.7. The third-order valence-corrected chi connectivity index (χ3v) is 4.23. The highest BCUT2D eigenvalue weighted by molar-refractivity contribution is 7.10. The van der Waals surface area contributed by atoms with Crippen molar-refractivity contribution in [3.05, 3.63) is 58.3 Å². The number of phenolic OH excluding ortho intramolecular Hbond substituents is 1. The van der Waals surface area contributed by atoms with Gasteiger partial charge in [0, 0.05) is 33.3 Å². The van der Waals surface area contributed by atoms with Crippen LogP contribution >= 0.6 is 11.3 Å². The Morgan fingerprint density at radius 2 is 1.95 bits per heavy atom. The summed E-state index contributed by atoms with van der Waals surface area (Å²) in [6.07, 6.45) is 0. The van der Waals surface area contributed by atoms with Crippen molar-refractivity contribution in [2.45, 2.75) is 6.54 Å². The van der Waals surface area contributed by atoms with Crippen molar-refractivity contribution in [1.29, 1.82) is 0 Å². The number of primary amides is 1. The third-order valence-electron chi connectivity index (χ3n) is 3.29. The van der Waals surface area contributed by atoms with Crippen LogP contribution in [0.2, 0.25) is 0 Å². The van der Waals surface area contributed by atoms with Gasteiger partial charge in [0.25, 0.3) is 0 Å². The van der Waals surface area contributed by atoms with E-state index in [9.17, 15) is 9.90 Å². The smallest absolute Gasteiger partial charge is 0.249 e. The van der Waals surface area contributed by atoms with Crippen LogP contribution in [0.1, 0.15) is 15.2 Å². The van der Waals surface area contributed by atoms with E-state index < -0.39 is 5.91 Å². The number of carbonyl (C=O) groups excluding carboxylic acids is 1. The van der Waals surface area contributed by atoms with Gasteiger partial charge in [-0.05, 0) is 18.2 Å². The zero-order chi connectivity index (χ0) is 14.8. The highest BCUT2D eigenvalue weighted by Crippen LogP contribution is 2.30. The van der Waals surface area contributed by atoms with Crippen LogP contribution in [0.3, 0.4) is 0 Å². The quantitative estimate of drug-likeness (QED) is 0.691. The van der Waals surface area contributed by atoms with Crippen LogP contribution in [-0.4, -0.2) is 11.0 Å². The summed E-state index contributed by atoms with van der Waals surface area (Å²) in [5.41, 5.74) is 6.72. The first-order valence-corrected chi connectivity index (χ1v) is 7.35. The number of nitrogens with one attached hydrogen (secondary N) is 1. The molecule has 0 bridgehead atoms. The number of amides is 1. The van der Waals surface area contributed by atoms with Crippen molar-refractivity contribution in [3.8, 4) is 5.75 Å². The number of anilines is 1. The van der Waals surface area contributed by atoms with Gasteiger partial charge in [0.2, 0.25) is 5.91 Å². The van der Waals surface area contributed by atoms with Gasteiger partial charge in [0.1, 0.15) is 5.75 Å². The molecule has 4 N–H and O–H groups in total. The fourth-order valence-corrected chi connectivity index (χ4v) is 3.05. The maximum atomic E-state index is 11.1. The van der Waals surface area contributed by atoms with Crippen LogP contribution in [0, 0.1) is 0 Å². The number of fused-ring (bicyclic) bond motifs is 1. The van der Waals surface area contributed by atoms with Crippen LogP contribution in [0.25, 0.3) is 10.8 Å². The zero-order valence-electron chi connectivity index (χ0n) is 11.2. The Balaban J connectivity index is 1.85. The molecule has 0 spiro atoms. The van der Waals surface area contributed by atoms with Gasteiger partial charge in [-0.15, -0.1) is 11.3 Å². The SMILES string of the molecule is NC(=O)c1csc(CNc2cccc3c(O)cccc23)c1. The molecule has 0 aliphatic heterocycles. The van der Waals surface area contributed by atoms with Crippen LogP contribution in [0.5, 0.6) is 5.75 Å². The molecule has 0 aliphatic rings. The van der Waals surface area contributed by atoms with E-state index in [1.54, 1.807) is 17.5 Å². The van der Waals surface area contributed by atoms with Gasteiger partial charge < -0.3 is 16.2 Å². The van der Waals surface area contributed by atoms with E-state index in [-0.39, 0.29) is 5.75 Å². The minimum atomic E-state index is -0.410. The van der Waals surface area contributed by atoms with Crippen molar-refractivity contribution >= 4 is 33.7 Å². The van der Waals surface area contributed by atoms with E-state index >= 15 is 0 Å². The van der Waals surface area contributed by atoms with Crippen LogP contribution in [-0.2, 0) is 6.54 Å². The number of nitrogens with two attached hydrogens (primary N) is 1. The van der Waals surface area contributed by atoms with Crippen molar-refractivity contribution < 1.29 is 9.90 Å². The number of rotatable bonds is 4. The fraction of sp³-hybridized carbons (Fsp3) is 0.0625. The molecule has 0 unspecified atom stereocenters. The van der Waals surface area contributed by atoms with Gasteiger partial charge in [-0.1, -0.05) is 24.3 Å². The lowest BCUT2D eigenvalue weighted by Gasteiger charge is -2.09. The number of benzene rings is 2. The summed E-state index contributed by atoms with van der Waals surface area (Å²) in [5.74, 6) is -0.143. The molecule has 1 heterocycles. The van der Waals surface area contributed by atoms with E-state index in [1.165, 1.54) is 11.3 Å². The molecule has 0 atom stereocenters. The first-order valence-electron chi connectivity index (χ1n) is 6.47. The molecule has 0 aliphatic carbocycles. The summed E-state index contributed by atoms with van der Waals surface area (Å²) < 4.78 is 0. The molecule has 21 heavy (non-hydrogen) atoms. The largest absolute Gasteiger partial charge is 0.507 e. The molecule has 1 amide bonds. The summed E-state index contributed by atoms with van der Waals surface area (Å²) in [5, 5.41) is 16.7. The van der Waals surface area contributed by atoms with Crippen LogP contribution in [0.15, 0.2) is 47.8 Å². The fourth-order valence-electron chi connectivity index (χ4n) is 2.23. The van der Waals surface area contributed by atoms with E-state index in [0.717, 1.165) is 21.3 Å². The first-order chi connectivity index (χ1) is 10.1. The van der Waals surface area contributed by atoms with E-state index in [2.05, 4.69) is 5.32 Å². The number of carbonyl (C=O) groups is 1. The average molecular weight is 298 g/mol. The molecule has 4 nitrogen and oxygen atoms in total. The molecule has 106 valence electrons. The van der Waals surface area contributed by atoms with Gasteiger partial charge in [-0.25, -0.2) is 0 Å². The second kappa shape index (κ2) is 5.46. The molecule has 5 heteroatoms. The summed E-state index contributed by atoms with van der Waals surface area (Å²) in [7, 11) is 0. The van der Waals surface area contributed by atoms with Crippen LogP contribution < -0.4 is 11.1 Å². The molecule has 0 fully saturated rings. The van der Waals surface area contributed by atoms with Crippen molar-refractivity contribution in [3.63, 3.8) is 0 Å². The van der Waals surface area contributed by atoms with Crippen molar-refractivity contribution in [1.82, 2.24) is 0 Å². The molecular weight excluding hydrogens is 284 g/mol. The number of aromatic hydroxyl groups is 1. The Bertz CT molecular complexity index is 811. The molecule has 1 aromatic heterocycles. The molecule has 0 radical (unpaired) electrons. The summed E-state index contributed by atoms with van der Waals surface area (Å²) in [6.45, 7) is 0.604. The second-order valence-electron chi connectivity index (χ2n) is 4.70. The Hall–Kier alpha value is -2.53. The van der Waals surface area contributed by atoms with E-state index in [4.69, 9.17) is 5.73 Å². The number of phenols is 1. The van der Waals surface area contributed by atoms with Gasteiger partial charge in [-0.2, -0.15) is 0 Å². The van der Waals surface area contributed by atoms with Gasteiger partial charge in [0.15, 0.2) is 0 Å². The molecule has 2 aromatic carbocycles. The summed E-state index contributed by atoms with van der Waals surface area (Å²) in [6, 6.07) is 13.0. The van der Waals surface area contributed by atoms with Gasteiger partial charge >= 0.3 is 0 Å². The second-order valence-corrected chi connectivity index (χ2v) is 5.69. The minimum absolute atomic E-state index is 0.267. The lowest BCUT2D eigenvalue weighted by molar-refractivity contribution is 0.100. The van der Waals surface area contributed by atoms with E-state index in [0.29, 0.717) is 12.1 Å².